The van der Waals surface area contributed by atoms with Crippen molar-refractivity contribution in [2.45, 2.75) is 12.5 Å². The zero-order valence-corrected chi connectivity index (χ0v) is 18.7. The Hall–Kier alpha value is -3.29. The van der Waals surface area contributed by atoms with E-state index in [4.69, 9.17) is 41.8 Å². The summed E-state index contributed by atoms with van der Waals surface area (Å²) in [7, 11) is 2.99. The Morgan fingerprint density at radius 1 is 1.03 bits per heavy atom. The first-order valence-corrected chi connectivity index (χ1v) is 10.3. The average Bonchev–Trinajstić information content (AvgIpc) is 3.22. The highest BCUT2D eigenvalue weighted by Crippen LogP contribution is 2.46. The molecule has 0 saturated heterocycles. The summed E-state index contributed by atoms with van der Waals surface area (Å²) in [5.74, 6) is 0.561. The van der Waals surface area contributed by atoms with Crippen LogP contribution >= 0.6 is 23.2 Å². The van der Waals surface area contributed by atoms with Crippen molar-refractivity contribution in [3.05, 3.63) is 75.9 Å². The second-order valence-corrected chi connectivity index (χ2v) is 7.53. The largest absolute Gasteiger partial charge is 0.493 e. The number of aromatic nitrogens is 2. The van der Waals surface area contributed by atoms with Crippen LogP contribution in [0.25, 0.3) is 11.1 Å². The maximum Gasteiger partial charge on any atom is 0.233 e. The van der Waals surface area contributed by atoms with Crippen LogP contribution in [0.2, 0.25) is 10.0 Å². The summed E-state index contributed by atoms with van der Waals surface area (Å²) in [5, 5.41) is 0.517. The number of para-hydroxylation sites is 2. The van der Waals surface area contributed by atoms with Gasteiger partial charge in [-0.2, -0.15) is 0 Å². The van der Waals surface area contributed by atoms with E-state index < -0.39 is 5.92 Å². The van der Waals surface area contributed by atoms with E-state index in [1.807, 2.05) is 24.3 Å². The van der Waals surface area contributed by atoms with Crippen molar-refractivity contribution >= 4 is 40.6 Å². The number of rotatable bonds is 8. The van der Waals surface area contributed by atoms with E-state index in [1.165, 1.54) is 26.6 Å². The van der Waals surface area contributed by atoms with Crippen molar-refractivity contribution in [1.29, 1.82) is 0 Å². The summed E-state index contributed by atoms with van der Waals surface area (Å²) in [5.41, 5.74) is 2.26. The maximum absolute atomic E-state index is 12.2. The van der Waals surface area contributed by atoms with Crippen molar-refractivity contribution in [3.63, 3.8) is 0 Å². The zero-order chi connectivity index (χ0) is 22.7. The number of oxazole rings is 1. The maximum atomic E-state index is 12.2. The second-order valence-electron chi connectivity index (χ2n) is 6.71. The summed E-state index contributed by atoms with van der Waals surface area (Å²) in [6.45, 7) is -0.00536. The summed E-state index contributed by atoms with van der Waals surface area (Å²) >= 11 is 12.7. The molecule has 0 saturated carbocycles. The molecule has 2 heterocycles. The van der Waals surface area contributed by atoms with Gasteiger partial charge in [0.2, 0.25) is 11.6 Å². The van der Waals surface area contributed by atoms with E-state index in [0.29, 0.717) is 39.6 Å². The van der Waals surface area contributed by atoms with Crippen LogP contribution in [-0.4, -0.2) is 30.5 Å². The fourth-order valence-electron chi connectivity index (χ4n) is 3.44. The zero-order valence-electron chi connectivity index (χ0n) is 17.2. The van der Waals surface area contributed by atoms with Crippen LogP contribution < -0.4 is 14.2 Å². The molecule has 2 aromatic carbocycles. The molecule has 0 spiro atoms. The molecule has 1 atom stereocenters. The van der Waals surface area contributed by atoms with Gasteiger partial charge in [0.15, 0.2) is 23.7 Å². The number of hydrogen-bond donors (Lipinski definition) is 0. The van der Waals surface area contributed by atoms with Gasteiger partial charge < -0.3 is 23.4 Å². The number of carbonyl (C=O) groups is 1. The SMILES string of the molecule is COc1ccc(C(C=O)c2c(Cl)cncc2Cl)c(OCc2nc3ccccc3o2)c1OC. The van der Waals surface area contributed by atoms with Gasteiger partial charge in [-0.25, -0.2) is 4.98 Å². The third kappa shape index (κ3) is 4.09. The van der Waals surface area contributed by atoms with E-state index in [0.717, 1.165) is 6.29 Å². The predicted octanol–water partition coefficient (Wildman–Crippen LogP) is 5.46. The number of ether oxygens (including phenoxy) is 3. The predicted molar refractivity (Wildman–Crippen MR) is 120 cm³/mol. The van der Waals surface area contributed by atoms with Crippen LogP contribution in [0.5, 0.6) is 17.2 Å². The Balaban J connectivity index is 1.79. The lowest BCUT2D eigenvalue weighted by Crippen LogP contribution is -2.10. The number of aldehydes is 1. The van der Waals surface area contributed by atoms with Crippen molar-refractivity contribution in [2.75, 3.05) is 14.2 Å². The first-order chi connectivity index (χ1) is 15.6. The van der Waals surface area contributed by atoms with E-state index in [2.05, 4.69) is 9.97 Å². The highest BCUT2D eigenvalue weighted by molar-refractivity contribution is 6.36. The molecule has 4 aromatic rings. The summed E-state index contributed by atoms with van der Waals surface area (Å²) in [6.07, 6.45) is 3.60. The van der Waals surface area contributed by atoms with Crippen molar-refractivity contribution in [1.82, 2.24) is 9.97 Å². The van der Waals surface area contributed by atoms with Crippen LogP contribution in [0.1, 0.15) is 22.9 Å². The molecule has 2 aromatic heterocycles. The highest BCUT2D eigenvalue weighted by atomic mass is 35.5. The van der Waals surface area contributed by atoms with Gasteiger partial charge in [-0.3, -0.25) is 4.98 Å². The van der Waals surface area contributed by atoms with E-state index in [-0.39, 0.29) is 22.4 Å². The standard InChI is InChI=1S/C23H18Cl2N2O5/c1-29-19-8-7-13(14(11-28)21-15(24)9-26-10-16(21)25)22(23(19)30-2)31-12-20-27-17-5-3-4-6-18(17)32-20/h3-11,14H,12H2,1-2H3. The van der Waals surface area contributed by atoms with Gasteiger partial charge in [-0.05, 0) is 18.2 Å². The third-order valence-corrected chi connectivity index (χ3v) is 5.48. The average molecular weight is 473 g/mol. The molecule has 7 nitrogen and oxygen atoms in total. The molecule has 0 fully saturated rings. The summed E-state index contributed by atoms with van der Waals surface area (Å²) in [4.78, 5) is 20.6. The molecule has 0 radical (unpaired) electrons. The quantitative estimate of drug-likeness (QED) is 0.315. The molecular formula is C23H18Cl2N2O5. The smallest absolute Gasteiger partial charge is 0.233 e. The van der Waals surface area contributed by atoms with Crippen LogP contribution in [0, 0.1) is 0 Å². The Labute approximate surface area is 193 Å². The van der Waals surface area contributed by atoms with Gasteiger partial charge in [0.25, 0.3) is 0 Å². The molecule has 9 heteroatoms. The van der Waals surface area contributed by atoms with Gasteiger partial charge in [0.1, 0.15) is 11.8 Å². The van der Waals surface area contributed by atoms with Gasteiger partial charge in [-0.15, -0.1) is 0 Å². The normalized spacial score (nSPS) is 11.9. The van der Waals surface area contributed by atoms with Crippen molar-refractivity contribution < 1.29 is 23.4 Å². The van der Waals surface area contributed by atoms with Gasteiger partial charge >= 0.3 is 0 Å². The third-order valence-electron chi connectivity index (χ3n) is 4.88. The Kier molecular flexibility index (Phi) is 6.48. The molecule has 164 valence electrons. The van der Waals surface area contributed by atoms with Crippen LogP contribution in [0.3, 0.4) is 0 Å². The fourth-order valence-corrected chi connectivity index (χ4v) is 4.04. The molecular weight excluding hydrogens is 455 g/mol. The number of nitrogens with zero attached hydrogens (tertiary/aromatic N) is 2. The molecule has 0 aliphatic rings. The van der Waals surface area contributed by atoms with Crippen LogP contribution in [-0.2, 0) is 11.4 Å². The molecule has 0 amide bonds. The van der Waals surface area contributed by atoms with Crippen molar-refractivity contribution in [2.24, 2.45) is 0 Å². The summed E-state index contributed by atoms with van der Waals surface area (Å²) in [6, 6.07) is 10.8. The van der Waals surface area contributed by atoms with Gasteiger partial charge in [0.05, 0.1) is 30.2 Å². The number of hydrogen-bond acceptors (Lipinski definition) is 7. The molecule has 32 heavy (non-hydrogen) atoms. The van der Waals surface area contributed by atoms with Gasteiger partial charge in [-0.1, -0.05) is 41.4 Å². The molecule has 0 aliphatic heterocycles. The molecule has 0 N–H and O–H groups in total. The Morgan fingerprint density at radius 2 is 1.78 bits per heavy atom. The lowest BCUT2D eigenvalue weighted by atomic mass is 9.92. The minimum Gasteiger partial charge on any atom is -0.493 e. The van der Waals surface area contributed by atoms with E-state index >= 15 is 0 Å². The lowest BCUT2D eigenvalue weighted by Gasteiger charge is -2.21. The molecule has 1 unspecified atom stereocenters. The second kappa shape index (κ2) is 9.46. The minimum absolute atomic E-state index is 0.00536. The number of benzene rings is 2. The number of methoxy groups -OCH3 is 2. The van der Waals surface area contributed by atoms with Crippen LogP contribution in [0.4, 0.5) is 0 Å². The number of pyridine rings is 1. The monoisotopic (exact) mass is 472 g/mol. The first-order valence-electron chi connectivity index (χ1n) is 9.53. The fraction of sp³-hybridized carbons (Fsp3) is 0.174. The number of fused-ring (bicyclic) bond motifs is 1. The van der Waals surface area contributed by atoms with Crippen LogP contribution in [0.15, 0.2) is 53.2 Å². The minimum atomic E-state index is -0.837. The molecule has 4 rings (SSSR count). The van der Waals surface area contributed by atoms with Crippen molar-refractivity contribution in [3.8, 4) is 17.2 Å². The van der Waals surface area contributed by atoms with E-state index in [1.54, 1.807) is 12.1 Å². The number of carbonyl (C=O) groups excluding carboxylic acids is 1. The summed E-state index contributed by atoms with van der Waals surface area (Å²) < 4.78 is 22.8. The first kappa shape index (κ1) is 21.9. The van der Waals surface area contributed by atoms with Gasteiger partial charge in [0, 0.05) is 23.5 Å². The Morgan fingerprint density at radius 3 is 2.44 bits per heavy atom. The lowest BCUT2D eigenvalue weighted by molar-refractivity contribution is -0.108. The topological polar surface area (TPSA) is 83.7 Å². The Bertz CT molecular complexity index is 1220. The highest BCUT2D eigenvalue weighted by Gasteiger charge is 2.27. The van der Waals surface area contributed by atoms with E-state index in [9.17, 15) is 4.79 Å². The molecule has 0 aliphatic carbocycles. The number of halogens is 2. The molecule has 0 bridgehead atoms.